The van der Waals surface area contributed by atoms with Gasteiger partial charge in [-0.2, -0.15) is 0 Å². The number of H-pyrrole nitrogens is 1. The SMILES string of the molecule is CCO[P+](=O)CC[C@H]1O[C@@H](n2cc(C)c(=O)[nH]c2=O)C[C@@H]1OC(=O)c1ccccc1. The van der Waals surface area contributed by atoms with Gasteiger partial charge in [-0.05, 0) is 30.5 Å². The van der Waals surface area contributed by atoms with Gasteiger partial charge in [0.05, 0.1) is 12.2 Å². The summed E-state index contributed by atoms with van der Waals surface area (Å²) in [5.41, 5.74) is -0.313. The summed E-state index contributed by atoms with van der Waals surface area (Å²) >= 11 is 0. The van der Waals surface area contributed by atoms with Crippen LogP contribution in [0.3, 0.4) is 0 Å². The summed E-state index contributed by atoms with van der Waals surface area (Å²) in [6.07, 6.45) is 0.268. The fourth-order valence-corrected chi connectivity index (χ4v) is 4.16. The highest BCUT2D eigenvalue weighted by Crippen LogP contribution is 2.35. The van der Waals surface area contributed by atoms with Crippen LogP contribution in [0.1, 0.15) is 41.9 Å². The first-order valence-corrected chi connectivity index (χ1v) is 11.1. The van der Waals surface area contributed by atoms with Crippen LogP contribution in [-0.2, 0) is 18.6 Å². The van der Waals surface area contributed by atoms with Crippen LogP contribution >= 0.6 is 8.03 Å². The maximum Gasteiger partial charge on any atom is 0.508 e. The third-order valence-corrected chi connectivity index (χ3v) is 5.94. The highest BCUT2D eigenvalue weighted by molar-refractivity contribution is 7.39. The first-order valence-electron chi connectivity index (χ1n) is 9.70. The Kier molecular flexibility index (Phi) is 7.31. The second-order valence-corrected chi connectivity index (χ2v) is 8.29. The van der Waals surface area contributed by atoms with E-state index < -0.39 is 43.7 Å². The molecule has 0 bridgehead atoms. The van der Waals surface area contributed by atoms with E-state index in [0.29, 0.717) is 24.2 Å². The lowest BCUT2D eigenvalue weighted by atomic mass is 10.1. The monoisotopic (exact) mass is 435 g/mol. The van der Waals surface area contributed by atoms with Crippen molar-refractivity contribution in [1.29, 1.82) is 0 Å². The minimum Gasteiger partial charge on any atom is -0.456 e. The zero-order valence-electron chi connectivity index (χ0n) is 16.8. The predicted molar refractivity (Wildman–Crippen MR) is 109 cm³/mol. The molecule has 2 heterocycles. The lowest BCUT2D eigenvalue weighted by molar-refractivity contribution is -0.0307. The zero-order chi connectivity index (χ0) is 21.7. The van der Waals surface area contributed by atoms with Crippen molar-refractivity contribution in [2.75, 3.05) is 12.8 Å². The van der Waals surface area contributed by atoms with Crippen molar-refractivity contribution in [3.8, 4) is 0 Å². The maximum atomic E-state index is 12.5. The van der Waals surface area contributed by atoms with Gasteiger partial charge in [-0.1, -0.05) is 18.2 Å². The summed E-state index contributed by atoms with van der Waals surface area (Å²) in [5.74, 6) is -0.506. The lowest BCUT2D eigenvalue weighted by Gasteiger charge is -2.17. The lowest BCUT2D eigenvalue weighted by Crippen LogP contribution is -2.33. The quantitative estimate of drug-likeness (QED) is 0.500. The molecule has 2 aromatic rings. The van der Waals surface area contributed by atoms with Crippen LogP contribution in [0.25, 0.3) is 0 Å². The zero-order valence-corrected chi connectivity index (χ0v) is 17.7. The first kappa shape index (κ1) is 22.1. The molecular weight excluding hydrogens is 411 g/mol. The number of hydrogen-bond acceptors (Lipinski definition) is 7. The van der Waals surface area contributed by atoms with E-state index in [-0.39, 0.29) is 12.6 Å². The average molecular weight is 435 g/mol. The summed E-state index contributed by atoms with van der Waals surface area (Å²) in [6, 6.07) is 8.55. The van der Waals surface area contributed by atoms with Gasteiger partial charge in [0.1, 0.15) is 18.4 Å². The Labute approximate surface area is 173 Å². The van der Waals surface area contributed by atoms with E-state index in [2.05, 4.69) is 4.98 Å². The number of esters is 1. The van der Waals surface area contributed by atoms with E-state index in [1.807, 2.05) is 0 Å². The Morgan fingerprint density at radius 3 is 2.73 bits per heavy atom. The highest BCUT2D eigenvalue weighted by atomic mass is 31.1. The average Bonchev–Trinajstić information content (AvgIpc) is 3.12. The van der Waals surface area contributed by atoms with Gasteiger partial charge in [-0.3, -0.25) is 14.3 Å². The van der Waals surface area contributed by atoms with Gasteiger partial charge in [-0.25, -0.2) is 9.59 Å². The molecule has 4 atom stereocenters. The fraction of sp³-hybridized carbons (Fsp3) is 0.450. The molecule has 1 N–H and O–H groups in total. The molecule has 9 nitrogen and oxygen atoms in total. The van der Waals surface area contributed by atoms with Crippen molar-refractivity contribution in [3.63, 3.8) is 0 Å². The molecule has 10 heteroatoms. The number of carbonyl (C=O) groups excluding carboxylic acids is 1. The van der Waals surface area contributed by atoms with Crippen LogP contribution in [0.5, 0.6) is 0 Å². The third-order valence-electron chi connectivity index (χ3n) is 4.77. The number of ether oxygens (including phenoxy) is 2. The summed E-state index contributed by atoms with van der Waals surface area (Å²) < 4.78 is 29.9. The maximum absolute atomic E-state index is 12.5. The Morgan fingerprint density at radius 2 is 2.03 bits per heavy atom. The summed E-state index contributed by atoms with van der Waals surface area (Å²) in [6.45, 7) is 3.67. The molecule has 0 amide bonds. The number of nitrogens with zero attached hydrogens (tertiary/aromatic N) is 1. The van der Waals surface area contributed by atoms with Gasteiger partial charge < -0.3 is 9.47 Å². The topological polar surface area (TPSA) is 117 Å². The molecule has 0 radical (unpaired) electrons. The van der Waals surface area contributed by atoms with E-state index in [9.17, 15) is 18.9 Å². The molecule has 1 saturated heterocycles. The van der Waals surface area contributed by atoms with Crippen molar-refractivity contribution in [2.45, 2.75) is 45.1 Å². The van der Waals surface area contributed by atoms with Crippen molar-refractivity contribution in [1.82, 2.24) is 9.55 Å². The molecular formula is C20H24N2O7P+. The fourth-order valence-electron chi connectivity index (χ4n) is 3.27. The number of aromatic amines is 1. The largest absolute Gasteiger partial charge is 0.508 e. The molecule has 1 aliphatic heterocycles. The number of rotatable bonds is 8. The minimum absolute atomic E-state index is 0.222. The van der Waals surface area contributed by atoms with Crippen LogP contribution in [0.15, 0.2) is 46.1 Å². The van der Waals surface area contributed by atoms with Gasteiger partial charge in [0.2, 0.25) is 0 Å². The van der Waals surface area contributed by atoms with Crippen LogP contribution in [0.2, 0.25) is 0 Å². The van der Waals surface area contributed by atoms with Crippen LogP contribution < -0.4 is 11.2 Å². The molecule has 1 aliphatic rings. The first-order chi connectivity index (χ1) is 14.4. The molecule has 0 aliphatic carbocycles. The molecule has 160 valence electrons. The molecule has 0 saturated carbocycles. The van der Waals surface area contributed by atoms with E-state index in [1.54, 1.807) is 44.2 Å². The second-order valence-electron chi connectivity index (χ2n) is 6.92. The third kappa shape index (κ3) is 5.30. The van der Waals surface area contributed by atoms with E-state index in [0.717, 1.165) is 0 Å². The Bertz CT molecular complexity index is 1020. The van der Waals surface area contributed by atoms with Crippen LogP contribution in [-0.4, -0.2) is 40.5 Å². The Morgan fingerprint density at radius 1 is 1.30 bits per heavy atom. The molecule has 1 aromatic carbocycles. The number of nitrogens with one attached hydrogen (secondary N) is 1. The molecule has 1 aromatic heterocycles. The summed E-state index contributed by atoms with van der Waals surface area (Å²) in [4.78, 5) is 38.7. The van der Waals surface area contributed by atoms with E-state index in [4.69, 9.17) is 14.0 Å². The number of aryl methyl sites for hydroxylation is 1. The number of hydrogen-bond donors (Lipinski definition) is 1. The van der Waals surface area contributed by atoms with Gasteiger partial charge in [0.15, 0.2) is 6.16 Å². The minimum atomic E-state index is -1.85. The van der Waals surface area contributed by atoms with E-state index >= 15 is 0 Å². The number of benzene rings is 1. The molecule has 3 rings (SSSR count). The number of carbonyl (C=O) groups is 1. The number of aromatic nitrogens is 2. The van der Waals surface area contributed by atoms with Crippen molar-refractivity contribution < 1.29 is 23.4 Å². The summed E-state index contributed by atoms with van der Waals surface area (Å²) in [7, 11) is -1.85. The van der Waals surface area contributed by atoms with E-state index in [1.165, 1.54) is 10.8 Å². The standard InChI is InChI=1S/C20H23N2O7P/c1-3-27-30(26)10-9-15-16(29-19(24)14-7-5-4-6-8-14)11-17(28-15)22-12-13(2)18(23)21-20(22)25/h4-8,12,15-17H,3,9-11H2,1-2H3/p+1/t15-,16+,17-/m1/s1. The summed E-state index contributed by atoms with van der Waals surface area (Å²) in [5, 5.41) is 0. The highest BCUT2D eigenvalue weighted by Gasteiger charge is 2.41. The molecule has 30 heavy (non-hydrogen) atoms. The normalized spacial score (nSPS) is 21.4. The smallest absolute Gasteiger partial charge is 0.456 e. The van der Waals surface area contributed by atoms with Gasteiger partial charge in [0.25, 0.3) is 5.56 Å². The predicted octanol–water partition coefficient (Wildman–Crippen LogP) is 2.53. The van der Waals surface area contributed by atoms with Crippen molar-refractivity contribution in [3.05, 3.63) is 68.5 Å². The van der Waals surface area contributed by atoms with Gasteiger partial charge >= 0.3 is 19.7 Å². The van der Waals surface area contributed by atoms with Gasteiger partial charge in [0, 0.05) is 24.6 Å². The molecule has 1 unspecified atom stereocenters. The second kappa shape index (κ2) is 9.93. The molecule has 0 spiro atoms. The Balaban J connectivity index is 1.79. The van der Waals surface area contributed by atoms with Crippen LogP contribution in [0.4, 0.5) is 0 Å². The molecule has 1 fully saturated rings. The van der Waals surface area contributed by atoms with Gasteiger partial charge in [-0.15, -0.1) is 4.52 Å². The van der Waals surface area contributed by atoms with Crippen molar-refractivity contribution >= 4 is 14.0 Å². The Hall–Kier alpha value is -2.61. The van der Waals surface area contributed by atoms with Crippen LogP contribution in [0, 0.1) is 6.92 Å². The van der Waals surface area contributed by atoms with Crippen molar-refractivity contribution in [2.24, 2.45) is 0 Å².